The zero-order valence-electron chi connectivity index (χ0n) is 7.48. The Hall–Kier alpha value is -1.20. The fourth-order valence-corrected chi connectivity index (χ4v) is 2.29. The molecule has 0 aliphatic carbocycles. The van der Waals surface area contributed by atoms with E-state index in [4.69, 9.17) is 0 Å². The standard InChI is InChI=1S/C9H8N2OS2/c1-6-7(2-4-13-6)8(12)11-9-10-3-5-14-9/h2-5H,1H3,(H,10,11,12). The zero-order chi connectivity index (χ0) is 9.97. The first-order valence-electron chi connectivity index (χ1n) is 4.02. The minimum atomic E-state index is -0.0845. The van der Waals surface area contributed by atoms with Gasteiger partial charge < -0.3 is 0 Å². The maximum atomic E-state index is 11.7. The van der Waals surface area contributed by atoms with Gasteiger partial charge in [-0.05, 0) is 18.4 Å². The quantitative estimate of drug-likeness (QED) is 0.852. The topological polar surface area (TPSA) is 42.0 Å². The molecule has 2 aromatic rings. The first kappa shape index (κ1) is 9.36. The molecule has 2 heterocycles. The lowest BCUT2D eigenvalue weighted by Gasteiger charge is -1.99. The van der Waals surface area contributed by atoms with Gasteiger partial charge in [-0.15, -0.1) is 22.7 Å². The summed E-state index contributed by atoms with van der Waals surface area (Å²) in [7, 11) is 0. The highest BCUT2D eigenvalue weighted by molar-refractivity contribution is 7.13. The summed E-state index contributed by atoms with van der Waals surface area (Å²) in [6, 6.07) is 1.82. The molecule has 0 atom stereocenters. The van der Waals surface area contributed by atoms with E-state index in [0.717, 1.165) is 10.4 Å². The molecule has 3 nitrogen and oxygen atoms in total. The van der Waals surface area contributed by atoms with Crippen LogP contribution in [0.4, 0.5) is 5.13 Å². The Morgan fingerprint density at radius 3 is 2.86 bits per heavy atom. The molecule has 0 saturated heterocycles. The molecule has 0 spiro atoms. The second-order valence-corrected chi connectivity index (χ2v) is 4.70. The Morgan fingerprint density at radius 2 is 2.29 bits per heavy atom. The first-order chi connectivity index (χ1) is 6.77. The maximum absolute atomic E-state index is 11.7. The molecule has 0 aliphatic heterocycles. The maximum Gasteiger partial charge on any atom is 0.258 e. The van der Waals surface area contributed by atoms with Crippen molar-refractivity contribution in [2.45, 2.75) is 6.92 Å². The Kier molecular flexibility index (Phi) is 2.60. The van der Waals surface area contributed by atoms with E-state index in [1.807, 2.05) is 23.8 Å². The molecule has 0 saturated carbocycles. The Morgan fingerprint density at radius 1 is 1.43 bits per heavy atom. The fraction of sp³-hybridized carbons (Fsp3) is 0.111. The number of carbonyl (C=O) groups is 1. The lowest BCUT2D eigenvalue weighted by molar-refractivity contribution is 0.102. The molecule has 1 amide bonds. The number of carbonyl (C=O) groups excluding carboxylic acids is 1. The van der Waals surface area contributed by atoms with Crippen LogP contribution in [0.5, 0.6) is 0 Å². The highest BCUT2D eigenvalue weighted by Gasteiger charge is 2.10. The SMILES string of the molecule is Cc1sccc1C(=O)Nc1nccs1. The molecule has 0 radical (unpaired) electrons. The van der Waals surface area contributed by atoms with E-state index in [2.05, 4.69) is 10.3 Å². The average molecular weight is 224 g/mol. The van der Waals surface area contributed by atoms with Crippen molar-refractivity contribution in [1.29, 1.82) is 0 Å². The number of rotatable bonds is 2. The number of aromatic nitrogens is 1. The van der Waals surface area contributed by atoms with Gasteiger partial charge in [0.2, 0.25) is 0 Å². The van der Waals surface area contributed by atoms with Crippen LogP contribution in [0.3, 0.4) is 0 Å². The van der Waals surface area contributed by atoms with Crippen molar-refractivity contribution in [3.05, 3.63) is 33.5 Å². The van der Waals surface area contributed by atoms with E-state index in [1.54, 1.807) is 17.5 Å². The molecule has 5 heteroatoms. The highest BCUT2D eigenvalue weighted by Crippen LogP contribution is 2.17. The average Bonchev–Trinajstić information content (AvgIpc) is 2.75. The van der Waals surface area contributed by atoms with E-state index in [9.17, 15) is 4.79 Å². The lowest BCUT2D eigenvalue weighted by atomic mass is 10.2. The van der Waals surface area contributed by atoms with Crippen LogP contribution in [0.1, 0.15) is 15.2 Å². The van der Waals surface area contributed by atoms with Crippen LogP contribution in [0.15, 0.2) is 23.0 Å². The lowest BCUT2D eigenvalue weighted by Crippen LogP contribution is -2.11. The predicted octanol–water partition coefficient (Wildman–Crippen LogP) is 2.77. The van der Waals surface area contributed by atoms with Gasteiger partial charge in [0.15, 0.2) is 5.13 Å². The van der Waals surface area contributed by atoms with Crippen LogP contribution < -0.4 is 5.32 Å². The summed E-state index contributed by atoms with van der Waals surface area (Å²) < 4.78 is 0. The monoisotopic (exact) mass is 224 g/mol. The van der Waals surface area contributed by atoms with E-state index < -0.39 is 0 Å². The largest absolute Gasteiger partial charge is 0.298 e. The van der Waals surface area contributed by atoms with Gasteiger partial charge in [-0.2, -0.15) is 0 Å². The van der Waals surface area contributed by atoms with Crippen LogP contribution in [-0.4, -0.2) is 10.9 Å². The molecule has 2 aromatic heterocycles. The van der Waals surface area contributed by atoms with Gasteiger partial charge in [0.05, 0.1) is 5.56 Å². The van der Waals surface area contributed by atoms with Crippen LogP contribution in [0, 0.1) is 6.92 Å². The van der Waals surface area contributed by atoms with Crippen molar-refractivity contribution >= 4 is 33.7 Å². The molecule has 72 valence electrons. The summed E-state index contributed by atoms with van der Waals surface area (Å²) in [5.74, 6) is -0.0845. The number of hydrogen-bond acceptors (Lipinski definition) is 4. The molecular formula is C9H8N2OS2. The molecule has 0 aliphatic rings. The number of anilines is 1. The molecule has 0 aromatic carbocycles. The number of amides is 1. The summed E-state index contributed by atoms with van der Waals surface area (Å²) in [6.07, 6.45) is 1.67. The summed E-state index contributed by atoms with van der Waals surface area (Å²) >= 11 is 2.98. The molecule has 0 fully saturated rings. The van der Waals surface area contributed by atoms with E-state index >= 15 is 0 Å². The van der Waals surface area contributed by atoms with E-state index in [1.165, 1.54) is 11.3 Å². The van der Waals surface area contributed by atoms with Gasteiger partial charge >= 0.3 is 0 Å². The minimum absolute atomic E-state index is 0.0845. The van der Waals surface area contributed by atoms with Crippen LogP contribution in [-0.2, 0) is 0 Å². The Balaban J connectivity index is 2.14. The molecule has 14 heavy (non-hydrogen) atoms. The van der Waals surface area contributed by atoms with Crippen molar-refractivity contribution < 1.29 is 4.79 Å². The third-order valence-corrected chi connectivity index (χ3v) is 3.29. The number of thiophene rings is 1. The predicted molar refractivity (Wildman–Crippen MR) is 59.1 cm³/mol. The molecule has 0 bridgehead atoms. The second-order valence-electron chi connectivity index (χ2n) is 2.68. The fourth-order valence-electron chi connectivity index (χ4n) is 1.07. The number of nitrogens with zero attached hydrogens (tertiary/aromatic N) is 1. The summed E-state index contributed by atoms with van der Waals surface area (Å²) in [5.41, 5.74) is 0.727. The molecule has 1 N–H and O–H groups in total. The van der Waals surface area contributed by atoms with E-state index in [0.29, 0.717) is 5.13 Å². The second kappa shape index (κ2) is 3.89. The molecule has 0 unspecified atom stereocenters. The number of nitrogens with one attached hydrogen (secondary N) is 1. The minimum Gasteiger partial charge on any atom is -0.298 e. The Labute approximate surface area is 89.4 Å². The summed E-state index contributed by atoms with van der Waals surface area (Å²) in [5, 5.41) is 7.12. The molecular weight excluding hydrogens is 216 g/mol. The Bertz CT molecular complexity index is 433. The van der Waals surface area contributed by atoms with Crippen molar-refractivity contribution in [2.24, 2.45) is 0 Å². The summed E-state index contributed by atoms with van der Waals surface area (Å²) in [6.45, 7) is 1.93. The number of thiazole rings is 1. The smallest absolute Gasteiger partial charge is 0.258 e. The van der Waals surface area contributed by atoms with Crippen molar-refractivity contribution in [3.8, 4) is 0 Å². The van der Waals surface area contributed by atoms with Gasteiger partial charge in [0.25, 0.3) is 5.91 Å². The van der Waals surface area contributed by atoms with Gasteiger partial charge in [0.1, 0.15) is 0 Å². The van der Waals surface area contributed by atoms with Crippen molar-refractivity contribution in [3.63, 3.8) is 0 Å². The van der Waals surface area contributed by atoms with Crippen molar-refractivity contribution in [1.82, 2.24) is 4.98 Å². The van der Waals surface area contributed by atoms with Gasteiger partial charge in [-0.1, -0.05) is 0 Å². The van der Waals surface area contributed by atoms with E-state index in [-0.39, 0.29) is 5.91 Å². The zero-order valence-corrected chi connectivity index (χ0v) is 9.11. The molecule has 2 rings (SSSR count). The highest BCUT2D eigenvalue weighted by atomic mass is 32.1. The van der Waals surface area contributed by atoms with Gasteiger partial charge in [-0.3, -0.25) is 10.1 Å². The van der Waals surface area contributed by atoms with Gasteiger partial charge in [-0.25, -0.2) is 4.98 Å². The summed E-state index contributed by atoms with van der Waals surface area (Å²) in [4.78, 5) is 16.7. The van der Waals surface area contributed by atoms with Gasteiger partial charge in [0, 0.05) is 16.5 Å². The number of hydrogen-bond donors (Lipinski definition) is 1. The first-order valence-corrected chi connectivity index (χ1v) is 5.78. The van der Waals surface area contributed by atoms with Crippen LogP contribution >= 0.6 is 22.7 Å². The normalized spacial score (nSPS) is 10.1. The van der Waals surface area contributed by atoms with Crippen LogP contribution in [0.2, 0.25) is 0 Å². The third kappa shape index (κ3) is 1.83. The number of aryl methyl sites for hydroxylation is 1. The van der Waals surface area contributed by atoms with Crippen LogP contribution in [0.25, 0.3) is 0 Å². The van der Waals surface area contributed by atoms with Crippen molar-refractivity contribution in [2.75, 3.05) is 5.32 Å². The third-order valence-electron chi connectivity index (χ3n) is 1.76.